The minimum absolute atomic E-state index is 0.659. The zero-order chi connectivity index (χ0) is 12.0. The summed E-state index contributed by atoms with van der Waals surface area (Å²) in [4.78, 5) is 2.31. The highest BCUT2D eigenvalue weighted by Crippen LogP contribution is 2.16. The summed E-state index contributed by atoms with van der Waals surface area (Å²) in [7, 11) is 2.15. The Kier molecular flexibility index (Phi) is 5.33. The first kappa shape index (κ1) is 13.0. The Balaban J connectivity index is 2.49. The molecule has 0 amide bonds. The van der Waals surface area contributed by atoms with E-state index in [-0.39, 0.29) is 0 Å². The molecule has 90 valence electrons. The predicted molar refractivity (Wildman–Crippen MR) is 71.9 cm³/mol. The lowest BCUT2D eigenvalue weighted by Gasteiger charge is -2.22. The molecule has 16 heavy (non-hydrogen) atoms. The third-order valence-electron chi connectivity index (χ3n) is 3.23. The maximum absolute atomic E-state index is 5.71. The van der Waals surface area contributed by atoms with Crippen LogP contribution >= 0.6 is 0 Å². The van der Waals surface area contributed by atoms with E-state index < -0.39 is 0 Å². The number of rotatable bonds is 6. The molecule has 0 aromatic heterocycles. The largest absolute Gasteiger partial charge is 0.375 e. The molecule has 1 aromatic rings. The molecule has 0 spiro atoms. The third-order valence-corrected chi connectivity index (χ3v) is 3.23. The van der Waals surface area contributed by atoms with E-state index in [1.54, 1.807) is 0 Å². The normalized spacial score (nSPS) is 12.5. The molecule has 1 rings (SSSR count). The van der Waals surface area contributed by atoms with Crippen molar-refractivity contribution in [3.8, 4) is 0 Å². The van der Waals surface area contributed by atoms with E-state index >= 15 is 0 Å². The average Bonchev–Trinajstić information content (AvgIpc) is 2.30. The molecule has 1 aromatic carbocycles. The van der Waals surface area contributed by atoms with Crippen LogP contribution < -0.4 is 10.6 Å². The fourth-order valence-corrected chi connectivity index (χ4v) is 1.86. The van der Waals surface area contributed by atoms with Crippen molar-refractivity contribution in [2.45, 2.75) is 26.7 Å². The Hall–Kier alpha value is -1.02. The van der Waals surface area contributed by atoms with Crippen molar-refractivity contribution in [2.24, 2.45) is 11.7 Å². The molecule has 0 fully saturated rings. The van der Waals surface area contributed by atoms with Gasteiger partial charge in [-0.25, -0.2) is 0 Å². The van der Waals surface area contributed by atoms with E-state index in [1.807, 2.05) is 0 Å². The molecule has 0 radical (unpaired) electrons. The van der Waals surface area contributed by atoms with E-state index in [0.717, 1.165) is 13.1 Å². The summed E-state index contributed by atoms with van der Waals surface area (Å²) in [6.45, 7) is 6.23. The Morgan fingerprint density at radius 1 is 1.38 bits per heavy atom. The predicted octanol–water partition coefficient (Wildman–Crippen LogP) is 2.81. The molecular formula is C14H24N2. The Morgan fingerprint density at radius 3 is 2.69 bits per heavy atom. The second kappa shape index (κ2) is 6.54. The fraction of sp³-hybridized carbons (Fsp3) is 0.571. The summed E-state index contributed by atoms with van der Waals surface area (Å²) < 4.78 is 0. The van der Waals surface area contributed by atoms with Crippen LogP contribution in [0.2, 0.25) is 0 Å². The summed E-state index contributed by atoms with van der Waals surface area (Å²) in [5.74, 6) is 0.659. The third kappa shape index (κ3) is 3.86. The van der Waals surface area contributed by atoms with Crippen molar-refractivity contribution in [1.82, 2.24) is 0 Å². The first-order valence-corrected chi connectivity index (χ1v) is 6.15. The summed E-state index contributed by atoms with van der Waals surface area (Å²) in [6.07, 6.45) is 2.36. The summed E-state index contributed by atoms with van der Waals surface area (Å²) in [5.41, 5.74) is 8.33. The fourth-order valence-electron chi connectivity index (χ4n) is 1.86. The number of hydrogen-bond donors (Lipinski definition) is 1. The van der Waals surface area contributed by atoms with Crippen molar-refractivity contribution in [2.75, 3.05) is 25.0 Å². The van der Waals surface area contributed by atoms with Crippen LogP contribution in [-0.2, 0) is 0 Å². The van der Waals surface area contributed by atoms with Gasteiger partial charge in [0.1, 0.15) is 0 Å². The summed E-state index contributed by atoms with van der Waals surface area (Å²) in [6, 6.07) is 8.63. The van der Waals surface area contributed by atoms with E-state index in [2.05, 4.69) is 50.1 Å². The van der Waals surface area contributed by atoms with Crippen LogP contribution in [0.5, 0.6) is 0 Å². The molecule has 0 heterocycles. The first-order chi connectivity index (χ1) is 7.67. The topological polar surface area (TPSA) is 29.3 Å². The van der Waals surface area contributed by atoms with Crippen LogP contribution in [0.15, 0.2) is 24.3 Å². The molecule has 0 aliphatic carbocycles. The van der Waals surface area contributed by atoms with Crippen molar-refractivity contribution in [3.05, 3.63) is 29.8 Å². The molecule has 1 atom stereocenters. The average molecular weight is 220 g/mol. The second-order valence-electron chi connectivity index (χ2n) is 4.56. The van der Waals surface area contributed by atoms with Gasteiger partial charge in [-0.2, -0.15) is 0 Å². The van der Waals surface area contributed by atoms with E-state index in [0.29, 0.717) is 5.92 Å². The number of nitrogens with zero attached hydrogens (tertiary/aromatic N) is 1. The number of nitrogens with two attached hydrogens (primary N) is 1. The van der Waals surface area contributed by atoms with Crippen LogP contribution in [0.4, 0.5) is 5.69 Å². The number of hydrogen-bond acceptors (Lipinski definition) is 2. The van der Waals surface area contributed by atoms with Crippen LogP contribution in [0.25, 0.3) is 0 Å². The minimum atomic E-state index is 0.659. The molecular weight excluding hydrogens is 196 g/mol. The van der Waals surface area contributed by atoms with E-state index in [9.17, 15) is 0 Å². The van der Waals surface area contributed by atoms with Crippen LogP contribution in [-0.4, -0.2) is 20.1 Å². The van der Waals surface area contributed by atoms with Crippen molar-refractivity contribution >= 4 is 5.69 Å². The molecule has 2 N–H and O–H groups in total. The molecule has 0 aliphatic rings. The monoisotopic (exact) mass is 220 g/mol. The number of aryl methyl sites for hydroxylation is 1. The van der Waals surface area contributed by atoms with Crippen molar-refractivity contribution < 1.29 is 0 Å². The standard InChI is InChI=1S/C14H24N2/c1-4-13(11-15)8-9-16(3)14-7-5-6-12(2)10-14/h5-7,10,13H,4,8-9,11,15H2,1-3H3. The lowest BCUT2D eigenvalue weighted by Crippen LogP contribution is -2.23. The summed E-state index contributed by atoms with van der Waals surface area (Å²) in [5, 5.41) is 0. The summed E-state index contributed by atoms with van der Waals surface area (Å²) >= 11 is 0. The quantitative estimate of drug-likeness (QED) is 0.798. The van der Waals surface area contributed by atoms with Crippen LogP contribution in [0.1, 0.15) is 25.3 Å². The highest BCUT2D eigenvalue weighted by Gasteiger charge is 2.06. The molecule has 2 nitrogen and oxygen atoms in total. The van der Waals surface area contributed by atoms with Gasteiger partial charge in [0, 0.05) is 19.3 Å². The molecule has 2 heteroatoms. The molecule has 1 unspecified atom stereocenters. The lowest BCUT2D eigenvalue weighted by molar-refractivity contribution is 0.483. The molecule has 0 aliphatic heterocycles. The van der Waals surface area contributed by atoms with Gasteiger partial charge >= 0.3 is 0 Å². The van der Waals surface area contributed by atoms with Crippen LogP contribution in [0.3, 0.4) is 0 Å². The van der Waals surface area contributed by atoms with Crippen molar-refractivity contribution in [3.63, 3.8) is 0 Å². The van der Waals surface area contributed by atoms with E-state index in [4.69, 9.17) is 5.73 Å². The maximum Gasteiger partial charge on any atom is 0.0366 e. The first-order valence-electron chi connectivity index (χ1n) is 6.15. The highest BCUT2D eigenvalue weighted by atomic mass is 15.1. The zero-order valence-corrected chi connectivity index (χ0v) is 10.7. The van der Waals surface area contributed by atoms with Gasteiger partial charge in [-0.3, -0.25) is 0 Å². The van der Waals surface area contributed by atoms with Gasteiger partial charge in [-0.05, 0) is 43.5 Å². The van der Waals surface area contributed by atoms with Gasteiger partial charge in [-0.15, -0.1) is 0 Å². The minimum Gasteiger partial charge on any atom is -0.375 e. The Morgan fingerprint density at radius 2 is 2.12 bits per heavy atom. The zero-order valence-electron chi connectivity index (χ0n) is 10.7. The molecule has 0 saturated carbocycles. The van der Waals surface area contributed by atoms with Gasteiger partial charge < -0.3 is 10.6 Å². The van der Waals surface area contributed by atoms with Gasteiger partial charge in [0.05, 0.1) is 0 Å². The maximum atomic E-state index is 5.71. The lowest BCUT2D eigenvalue weighted by atomic mass is 10.0. The highest BCUT2D eigenvalue weighted by molar-refractivity contribution is 5.47. The number of benzene rings is 1. The van der Waals surface area contributed by atoms with Gasteiger partial charge in [0.25, 0.3) is 0 Å². The van der Waals surface area contributed by atoms with Gasteiger partial charge in [0.2, 0.25) is 0 Å². The van der Waals surface area contributed by atoms with Crippen LogP contribution in [0, 0.1) is 12.8 Å². The smallest absolute Gasteiger partial charge is 0.0366 e. The molecule has 0 saturated heterocycles. The SMILES string of the molecule is CCC(CN)CCN(C)c1cccc(C)c1. The Labute approximate surface area is 99.5 Å². The van der Waals surface area contributed by atoms with Gasteiger partial charge in [0.15, 0.2) is 0 Å². The Bertz CT molecular complexity index is 305. The van der Waals surface area contributed by atoms with Crippen molar-refractivity contribution in [1.29, 1.82) is 0 Å². The second-order valence-corrected chi connectivity index (χ2v) is 4.56. The number of anilines is 1. The van der Waals surface area contributed by atoms with E-state index in [1.165, 1.54) is 24.1 Å². The molecule has 0 bridgehead atoms. The van der Waals surface area contributed by atoms with Gasteiger partial charge in [-0.1, -0.05) is 25.5 Å².